The Morgan fingerprint density at radius 2 is 1.85 bits per heavy atom. The summed E-state index contributed by atoms with van der Waals surface area (Å²) in [6.45, 7) is 0.481. The Morgan fingerprint density at radius 3 is 2.65 bits per heavy atom. The number of hydrazine groups is 1. The Kier molecular flexibility index (Phi) is 5.80. The molecule has 2 aromatic carbocycles. The molecule has 1 saturated heterocycles. The maximum atomic E-state index is 15.0. The van der Waals surface area contributed by atoms with Crippen molar-refractivity contribution in [3.8, 4) is 5.75 Å². The lowest BCUT2D eigenvalue weighted by atomic mass is 9.96. The summed E-state index contributed by atoms with van der Waals surface area (Å²) < 4.78 is 35.0. The van der Waals surface area contributed by atoms with Gasteiger partial charge < -0.3 is 19.8 Å². The SMILES string of the molecule is O=C1C2=C(O)C(O)C=CN2N2CN1CC/C=C/COc1c(ccc(F)c1F)[C@@H]2c1ccccc1. The van der Waals surface area contributed by atoms with Crippen molar-refractivity contribution >= 4 is 5.91 Å². The van der Waals surface area contributed by atoms with Crippen LogP contribution in [0.25, 0.3) is 0 Å². The van der Waals surface area contributed by atoms with Crippen molar-refractivity contribution < 1.29 is 28.5 Å². The van der Waals surface area contributed by atoms with Gasteiger partial charge in [0.1, 0.15) is 12.7 Å². The summed E-state index contributed by atoms with van der Waals surface area (Å²) >= 11 is 0. The van der Waals surface area contributed by atoms with E-state index in [-0.39, 0.29) is 24.7 Å². The number of rotatable bonds is 1. The van der Waals surface area contributed by atoms with Crippen molar-refractivity contribution in [2.24, 2.45) is 0 Å². The standard InChI is InChI=1S/C25H23F2N3O4/c26-18-10-9-17-21(16-7-3-1-4-8-16)30-15-28(12-5-2-6-14-34-24(17)20(18)27)25(33)22-23(32)19(31)11-13-29(22)30/h1-4,6-11,13,19,21,31-32H,5,12,14-15H2/b6-2+/t19?,21-/m0/s1. The number of hydrogen-bond donors (Lipinski definition) is 2. The van der Waals surface area contributed by atoms with E-state index in [0.29, 0.717) is 18.5 Å². The molecule has 0 aromatic heterocycles. The molecule has 7 nitrogen and oxygen atoms in total. The molecule has 1 amide bonds. The van der Waals surface area contributed by atoms with Gasteiger partial charge in [-0.25, -0.2) is 4.39 Å². The first-order valence-electron chi connectivity index (χ1n) is 10.9. The minimum atomic E-state index is -1.33. The van der Waals surface area contributed by atoms with Gasteiger partial charge in [0, 0.05) is 18.3 Å². The summed E-state index contributed by atoms with van der Waals surface area (Å²) in [6.07, 6.45) is 5.50. The van der Waals surface area contributed by atoms with Crippen LogP contribution in [-0.4, -0.2) is 57.0 Å². The molecule has 176 valence electrons. The predicted molar refractivity (Wildman–Crippen MR) is 119 cm³/mol. The zero-order valence-electron chi connectivity index (χ0n) is 18.1. The number of hydrogen-bond acceptors (Lipinski definition) is 6. The van der Waals surface area contributed by atoms with Crippen LogP contribution in [0.4, 0.5) is 8.78 Å². The molecule has 3 atom stereocenters. The molecule has 2 N–H and O–H groups in total. The molecule has 34 heavy (non-hydrogen) atoms. The first kappa shape index (κ1) is 22.1. The Bertz CT molecular complexity index is 1200. The van der Waals surface area contributed by atoms with Crippen molar-refractivity contribution in [3.63, 3.8) is 0 Å². The summed E-state index contributed by atoms with van der Waals surface area (Å²) in [5, 5.41) is 24.0. The van der Waals surface area contributed by atoms with Crippen LogP contribution in [0.2, 0.25) is 0 Å². The molecule has 5 rings (SSSR count). The van der Waals surface area contributed by atoms with Crippen LogP contribution in [0.15, 0.2) is 78.3 Å². The van der Waals surface area contributed by atoms with Crippen molar-refractivity contribution in [2.75, 3.05) is 19.8 Å². The molecule has 0 radical (unpaired) electrons. The van der Waals surface area contributed by atoms with Crippen LogP contribution < -0.4 is 4.74 Å². The molecule has 3 aliphatic rings. The van der Waals surface area contributed by atoms with E-state index in [1.165, 1.54) is 23.4 Å². The maximum absolute atomic E-state index is 15.0. The third-order valence-electron chi connectivity index (χ3n) is 6.09. The van der Waals surface area contributed by atoms with Crippen LogP contribution in [0, 0.1) is 11.6 Å². The summed E-state index contributed by atoms with van der Waals surface area (Å²) in [6, 6.07) is 11.0. The van der Waals surface area contributed by atoms with Gasteiger partial charge in [0.15, 0.2) is 23.0 Å². The van der Waals surface area contributed by atoms with E-state index in [2.05, 4.69) is 0 Å². The largest absolute Gasteiger partial charge is 0.507 e. The molecule has 0 spiro atoms. The highest BCUT2D eigenvalue weighted by atomic mass is 19.2. The zero-order valence-corrected chi connectivity index (χ0v) is 18.1. The van der Waals surface area contributed by atoms with Gasteiger partial charge in [-0.15, -0.1) is 0 Å². The second-order valence-electron chi connectivity index (χ2n) is 8.18. The third kappa shape index (κ3) is 3.72. The zero-order chi connectivity index (χ0) is 23.8. The Hall–Kier alpha value is -3.69. The highest BCUT2D eigenvalue weighted by Gasteiger charge is 2.43. The van der Waals surface area contributed by atoms with Crippen molar-refractivity contribution in [1.29, 1.82) is 0 Å². The highest BCUT2D eigenvalue weighted by Crippen LogP contribution is 2.41. The Labute approximate surface area is 195 Å². The third-order valence-corrected chi connectivity index (χ3v) is 6.09. The van der Waals surface area contributed by atoms with E-state index in [4.69, 9.17) is 4.74 Å². The number of carbonyl (C=O) groups excluding carboxylic acids is 1. The number of nitrogens with zero attached hydrogens (tertiary/aromatic N) is 3. The normalized spacial score (nSPS) is 25.6. The van der Waals surface area contributed by atoms with Crippen molar-refractivity contribution in [3.05, 3.63) is 101 Å². The van der Waals surface area contributed by atoms with Gasteiger partial charge in [0.25, 0.3) is 5.91 Å². The first-order chi connectivity index (χ1) is 16.5. The van der Waals surface area contributed by atoms with Crippen LogP contribution in [0.1, 0.15) is 23.6 Å². The smallest absolute Gasteiger partial charge is 0.276 e. The number of carbonyl (C=O) groups is 1. The minimum Gasteiger partial charge on any atom is -0.507 e. The molecule has 0 saturated carbocycles. The van der Waals surface area contributed by atoms with E-state index in [1.807, 2.05) is 30.3 Å². The van der Waals surface area contributed by atoms with Gasteiger partial charge in [0.2, 0.25) is 5.82 Å². The summed E-state index contributed by atoms with van der Waals surface area (Å²) in [5.74, 6) is -3.26. The molecule has 2 unspecified atom stereocenters. The average Bonchev–Trinajstić information content (AvgIpc) is 2.84. The Balaban J connectivity index is 1.75. The fourth-order valence-electron chi connectivity index (χ4n) is 4.45. The molecule has 3 heterocycles. The topological polar surface area (TPSA) is 76.5 Å². The minimum absolute atomic E-state index is 0.0323. The number of aliphatic hydroxyl groups excluding tert-OH is 2. The number of ether oxygens (including phenoxy) is 1. The van der Waals surface area contributed by atoms with Crippen LogP contribution in [0.3, 0.4) is 0 Å². The number of halogens is 2. The van der Waals surface area contributed by atoms with Gasteiger partial charge in [-0.05, 0) is 24.1 Å². The molecular formula is C25H23F2N3O4. The fraction of sp³-hybridized carbons (Fsp3) is 0.240. The molecular weight excluding hydrogens is 444 g/mol. The number of benzene rings is 2. The molecule has 2 bridgehead atoms. The maximum Gasteiger partial charge on any atom is 0.276 e. The predicted octanol–water partition coefficient (Wildman–Crippen LogP) is 3.37. The summed E-state index contributed by atoms with van der Waals surface area (Å²) in [7, 11) is 0. The molecule has 1 fully saturated rings. The van der Waals surface area contributed by atoms with Gasteiger partial charge in [-0.2, -0.15) is 9.40 Å². The molecule has 0 aliphatic carbocycles. The van der Waals surface area contributed by atoms with Gasteiger partial charge in [-0.3, -0.25) is 9.80 Å². The molecule has 2 aromatic rings. The van der Waals surface area contributed by atoms with E-state index >= 15 is 4.39 Å². The van der Waals surface area contributed by atoms with Gasteiger partial charge in [-0.1, -0.05) is 48.6 Å². The lowest BCUT2D eigenvalue weighted by molar-refractivity contribution is -0.149. The van der Waals surface area contributed by atoms with E-state index in [9.17, 15) is 19.4 Å². The molecule has 3 aliphatic heterocycles. The van der Waals surface area contributed by atoms with Gasteiger partial charge >= 0.3 is 0 Å². The summed E-state index contributed by atoms with van der Waals surface area (Å²) in [4.78, 5) is 14.8. The van der Waals surface area contributed by atoms with E-state index in [1.54, 1.807) is 22.1 Å². The number of fused-ring (bicyclic) bond motifs is 5. The quantitative estimate of drug-likeness (QED) is 0.627. The van der Waals surface area contributed by atoms with Crippen LogP contribution in [0.5, 0.6) is 5.75 Å². The monoisotopic (exact) mass is 467 g/mol. The second kappa shape index (κ2) is 8.92. The number of amides is 1. The number of aliphatic hydroxyl groups is 2. The van der Waals surface area contributed by atoms with Crippen molar-refractivity contribution in [2.45, 2.75) is 18.6 Å². The van der Waals surface area contributed by atoms with Gasteiger partial charge in [0.05, 0.1) is 12.7 Å². The molecule has 9 heteroatoms. The van der Waals surface area contributed by atoms with Crippen LogP contribution >= 0.6 is 0 Å². The lowest BCUT2D eigenvalue weighted by Gasteiger charge is -2.49. The summed E-state index contributed by atoms with van der Waals surface area (Å²) in [5.41, 5.74) is 0.999. The second-order valence-corrected chi connectivity index (χ2v) is 8.18. The lowest BCUT2D eigenvalue weighted by Crippen LogP contribution is -2.58. The van der Waals surface area contributed by atoms with E-state index < -0.39 is 35.4 Å². The highest BCUT2D eigenvalue weighted by molar-refractivity contribution is 5.94. The first-order valence-corrected chi connectivity index (χ1v) is 10.9. The van der Waals surface area contributed by atoms with Crippen LogP contribution in [-0.2, 0) is 4.79 Å². The average molecular weight is 467 g/mol. The van der Waals surface area contributed by atoms with E-state index in [0.717, 1.165) is 11.6 Å². The Morgan fingerprint density at radius 1 is 1.06 bits per heavy atom. The fourth-order valence-corrected chi connectivity index (χ4v) is 4.45. The van der Waals surface area contributed by atoms with Crippen molar-refractivity contribution in [1.82, 2.24) is 14.9 Å².